The van der Waals surface area contributed by atoms with Crippen LogP contribution in [-0.2, 0) is 6.42 Å². The number of Topliss-reactive ketones (excluding diaryl/α,β-unsaturated/α-hetero) is 1. The maximum Gasteiger partial charge on any atom is 0.270 e. The molecule has 0 aliphatic heterocycles. The number of nitrogens with zero attached hydrogens (tertiary/aromatic N) is 4. The molecule has 0 N–H and O–H groups in total. The molecule has 2 heterocycles. The van der Waals surface area contributed by atoms with E-state index in [1.807, 2.05) is 6.07 Å². The molecule has 0 spiro atoms. The Morgan fingerprint density at radius 1 is 0.821 bits per heavy atom. The van der Waals surface area contributed by atoms with Crippen molar-refractivity contribution in [2.24, 2.45) is 0 Å². The van der Waals surface area contributed by atoms with Crippen LogP contribution in [0.4, 0.5) is 5.82 Å². The molecule has 0 fully saturated rings. The van der Waals surface area contributed by atoms with Crippen molar-refractivity contribution in [2.45, 2.75) is 38.5 Å². The summed E-state index contributed by atoms with van der Waals surface area (Å²) in [6.07, 6.45) is 5.75. The Morgan fingerprint density at radius 2 is 1.64 bits per heavy atom. The van der Waals surface area contributed by atoms with Gasteiger partial charge >= 0.3 is 0 Å². The van der Waals surface area contributed by atoms with Gasteiger partial charge in [-0.3, -0.25) is 4.79 Å². The average Bonchev–Trinajstić information content (AvgIpc) is 2.77. The molecular formula is C23H22N4O. The molecule has 0 saturated heterocycles. The first-order valence-electron chi connectivity index (χ1n) is 9.52. The Labute approximate surface area is 165 Å². The molecule has 0 bridgehead atoms. The second-order valence-electron chi connectivity index (χ2n) is 6.62. The third kappa shape index (κ3) is 5.55. The van der Waals surface area contributed by atoms with E-state index in [1.165, 1.54) is 5.56 Å². The Kier molecular flexibility index (Phi) is 6.97. The maximum absolute atomic E-state index is 12.3. The largest absolute Gasteiger partial charge is 0.361 e. The number of hydrogen-bond donors (Lipinski definition) is 0. The van der Waals surface area contributed by atoms with Crippen LogP contribution in [0.2, 0.25) is 0 Å². The van der Waals surface area contributed by atoms with E-state index in [4.69, 9.17) is 6.57 Å². The van der Waals surface area contributed by atoms with E-state index in [0.717, 1.165) is 32.1 Å². The summed E-state index contributed by atoms with van der Waals surface area (Å²) < 4.78 is 0. The molecule has 28 heavy (non-hydrogen) atoms. The summed E-state index contributed by atoms with van der Waals surface area (Å²) in [5.41, 5.74) is 2.89. The molecule has 3 rings (SSSR count). The van der Waals surface area contributed by atoms with Gasteiger partial charge in [0.15, 0.2) is 11.5 Å². The first kappa shape index (κ1) is 19.4. The van der Waals surface area contributed by atoms with Crippen LogP contribution in [-0.4, -0.2) is 21.0 Å². The van der Waals surface area contributed by atoms with Crippen LogP contribution < -0.4 is 0 Å². The third-order valence-electron chi connectivity index (χ3n) is 4.52. The summed E-state index contributed by atoms with van der Waals surface area (Å²) in [5.74, 6) is 0.330. The molecule has 0 aliphatic rings. The molecule has 0 radical (unpaired) electrons. The minimum Gasteiger partial charge on any atom is -0.361 e. The number of rotatable bonds is 9. The van der Waals surface area contributed by atoms with Crippen molar-refractivity contribution in [1.82, 2.24) is 15.2 Å². The number of aryl methyl sites for hydroxylation is 1. The number of hydrogen-bond acceptors (Lipinski definition) is 4. The molecule has 5 nitrogen and oxygen atoms in total. The summed E-state index contributed by atoms with van der Waals surface area (Å²) >= 11 is 0. The highest BCUT2D eigenvalue weighted by Crippen LogP contribution is 2.18. The monoisotopic (exact) mass is 370 g/mol. The average molecular weight is 370 g/mol. The van der Waals surface area contributed by atoms with Gasteiger partial charge in [0.25, 0.3) is 5.82 Å². The van der Waals surface area contributed by atoms with Gasteiger partial charge in [0.1, 0.15) is 11.4 Å². The summed E-state index contributed by atoms with van der Waals surface area (Å²) in [6.45, 7) is 7.03. The Balaban J connectivity index is 1.42. The first-order chi connectivity index (χ1) is 13.8. The molecule has 2 aromatic heterocycles. The number of unbranched alkanes of at least 4 members (excludes halogenated alkanes) is 3. The van der Waals surface area contributed by atoms with E-state index < -0.39 is 0 Å². The fraction of sp³-hybridized carbons (Fsp3) is 0.261. The molecular weight excluding hydrogens is 348 g/mol. The number of pyridine rings is 1. The normalized spacial score (nSPS) is 10.4. The third-order valence-corrected chi connectivity index (χ3v) is 4.52. The summed E-state index contributed by atoms with van der Waals surface area (Å²) in [5, 5.41) is 8.15. The van der Waals surface area contributed by atoms with E-state index in [9.17, 15) is 4.79 Å². The molecule has 1 aromatic carbocycles. The zero-order chi connectivity index (χ0) is 19.6. The molecule has 140 valence electrons. The second kappa shape index (κ2) is 10.1. The summed E-state index contributed by atoms with van der Waals surface area (Å²) in [4.78, 5) is 19.8. The van der Waals surface area contributed by atoms with Gasteiger partial charge in [-0.2, -0.15) is 0 Å². The predicted molar refractivity (Wildman–Crippen MR) is 109 cm³/mol. The Hall–Kier alpha value is -3.39. The highest BCUT2D eigenvalue weighted by atomic mass is 16.1. The van der Waals surface area contributed by atoms with Crippen LogP contribution in [0.5, 0.6) is 0 Å². The fourth-order valence-electron chi connectivity index (χ4n) is 2.99. The van der Waals surface area contributed by atoms with Crippen LogP contribution in [0.25, 0.3) is 16.2 Å². The fourth-order valence-corrected chi connectivity index (χ4v) is 2.99. The Morgan fingerprint density at radius 3 is 2.39 bits per heavy atom. The lowest BCUT2D eigenvalue weighted by molar-refractivity contribution is 0.0973. The van der Waals surface area contributed by atoms with Crippen molar-refractivity contribution in [3.05, 3.63) is 83.3 Å². The van der Waals surface area contributed by atoms with Crippen LogP contribution in [0.15, 0.2) is 60.7 Å². The quantitative estimate of drug-likeness (QED) is 0.285. The minimum atomic E-state index is 0.0185. The Bertz CT molecular complexity index is 946. The van der Waals surface area contributed by atoms with Gasteiger partial charge in [-0.05, 0) is 49.1 Å². The summed E-state index contributed by atoms with van der Waals surface area (Å²) in [7, 11) is 0. The van der Waals surface area contributed by atoms with Gasteiger partial charge in [0.05, 0.1) is 0 Å². The van der Waals surface area contributed by atoms with Gasteiger partial charge in [-0.15, -0.1) is 15.2 Å². The SMILES string of the molecule is [C-]#[N+]c1cccc(-c2ccc(C(=O)CCCCCCc3ccccc3)nn2)n1. The number of carbonyl (C=O) groups excluding carboxylic acids is 1. The smallest absolute Gasteiger partial charge is 0.270 e. The van der Waals surface area contributed by atoms with Gasteiger partial charge in [-0.25, -0.2) is 0 Å². The second-order valence-corrected chi connectivity index (χ2v) is 6.62. The van der Waals surface area contributed by atoms with Crippen molar-refractivity contribution in [3.8, 4) is 11.4 Å². The lowest BCUT2D eigenvalue weighted by Gasteiger charge is -2.03. The lowest BCUT2D eigenvalue weighted by atomic mass is 10.0. The van der Waals surface area contributed by atoms with E-state index in [0.29, 0.717) is 29.3 Å². The van der Waals surface area contributed by atoms with Crippen LogP contribution in [0, 0.1) is 6.57 Å². The maximum atomic E-state index is 12.3. The van der Waals surface area contributed by atoms with E-state index in [2.05, 4.69) is 44.3 Å². The molecule has 0 unspecified atom stereocenters. The molecule has 5 heteroatoms. The van der Waals surface area contributed by atoms with Crippen LogP contribution in [0.3, 0.4) is 0 Å². The van der Waals surface area contributed by atoms with Crippen molar-refractivity contribution >= 4 is 11.6 Å². The molecule has 0 atom stereocenters. The number of carbonyl (C=O) groups is 1. The standard InChI is InChI=1S/C23H22N4O/c1-24-23-15-9-13-19(25-23)20-16-17-21(27-26-20)22(28)14-8-3-2-5-10-18-11-6-4-7-12-18/h4,6-7,9,11-13,15-17H,2-3,5,8,10,14H2. The molecule has 0 aliphatic carbocycles. The molecule has 3 aromatic rings. The lowest BCUT2D eigenvalue weighted by Crippen LogP contribution is -2.04. The molecule has 0 saturated carbocycles. The van der Waals surface area contributed by atoms with Gasteiger partial charge in [0, 0.05) is 6.42 Å². The number of benzene rings is 1. The molecule has 0 amide bonds. The topological polar surface area (TPSA) is 60.1 Å². The minimum absolute atomic E-state index is 0.0185. The zero-order valence-corrected chi connectivity index (χ0v) is 15.7. The van der Waals surface area contributed by atoms with E-state index in [-0.39, 0.29) is 5.78 Å². The highest BCUT2D eigenvalue weighted by Gasteiger charge is 2.11. The van der Waals surface area contributed by atoms with Crippen molar-refractivity contribution in [3.63, 3.8) is 0 Å². The van der Waals surface area contributed by atoms with Crippen molar-refractivity contribution in [2.75, 3.05) is 0 Å². The van der Waals surface area contributed by atoms with Gasteiger partial charge in [-0.1, -0.05) is 55.8 Å². The van der Waals surface area contributed by atoms with Gasteiger partial charge < -0.3 is 4.85 Å². The first-order valence-corrected chi connectivity index (χ1v) is 9.52. The number of aromatic nitrogens is 3. The zero-order valence-electron chi connectivity index (χ0n) is 15.7. The van der Waals surface area contributed by atoms with E-state index >= 15 is 0 Å². The van der Waals surface area contributed by atoms with Gasteiger partial charge in [0.2, 0.25) is 0 Å². The highest BCUT2D eigenvalue weighted by molar-refractivity contribution is 5.94. The van der Waals surface area contributed by atoms with Crippen LogP contribution in [0.1, 0.15) is 48.2 Å². The van der Waals surface area contributed by atoms with Crippen molar-refractivity contribution in [1.29, 1.82) is 0 Å². The number of ketones is 1. The predicted octanol–water partition coefficient (Wildman–Crippen LogP) is 5.47. The summed E-state index contributed by atoms with van der Waals surface area (Å²) in [6, 6.07) is 19.1. The van der Waals surface area contributed by atoms with Crippen LogP contribution >= 0.6 is 0 Å². The van der Waals surface area contributed by atoms with E-state index in [1.54, 1.807) is 30.3 Å². The van der Waals surface area contributed by atoms with Crippen molar-refractivity contribution < 1.29 is 4.79 Å².